The molecule has 1 unspecified atom stereocenters. The molecular weight excluding hydrogens is 219 g/mol. The normalized spacial score (nSPS) is 11.2. The fourth-order valence-electron chi connectivity index (χ4n) is 0.667. The Balaban J connectivity index is 0.00000144. The Morgan fingerprint density at radius 3 is 2.38 bits per heavy atom. The number of rotatable bonds is 3. The fourth-order valence-corrected chi connectivity index (χ4v) is 0.770. The van der Waals surface area contributed by atoms with E-state index in [9.17, 15) is 9.90 Å². The standard InChI is InChI=1S/C8H7ClO3.K/c9-7(8(10)11)12-6-4-2-1-3-5-6;/h1-5,7H,(H,10,11);/q;+1/p-1. The number of carbonyl (C=O) groups is 1. The Morgan fingerprint density at radius 1 is 1.38 bits per heavy atom. The summed E-state index contributed by atoms with van der Waals surface area (Å²) < 4.78 is 4.78. The van der Waals surface area contributed by atoms with Gasteiger partial charge in [-0.05, 0) is 12.1 Å². The van der Waals surface area contributed by atoms with E-state index in [-0.39, 0.29) is 51.4 Å². The Hall–Kier alpha value is 0.416. The maximum atomic E-state index is 10.1. The molecule has 0 aromatic heterocycles. The molecule has 0 spiro atoms. The third-order valence-electron chi connectivity index (χ3n) is 1.17. The van der Waals surface area contributed by atoms with Crippen molar-refractivity contribution in [3.05, 3.63) is 30.3 Å². The summed E-state index contributed by atoms with van der Waals surface area (Å²) in [6, 6.07) is 8.44. The molecule has 0 heterocycles. The van der Waals surface area contributed by atoms with Gasteiger partial charge >= 0.3 is 51.4 Å². The van der Waals surface area contributed by atoms with Crippen LogP contribution in [0.2, 0.25) is 0 Å². The van der Waals surface area contributed by atoms with Crippen molar-refractivity contribution in [3.8, 4) is 5.75 Å². The van der Waals surface area contributed by atoms with Gasteiger partial charge in [0.15, 0.2) is 0 Å². The molecule has 1 atom stereocenters. The van der Waals surface area contributed by atoms with E-state index in [1.54, 1.807) is 30.3 Å². The summed E-state index contributed by atoms with van der Waals surface area (Å²) in [5.41, 5.74) is -1.44. The molecule has 0 amide bonds. The largest absolute Gasteiger partial charge is 1.00 e. The second-order valence-electron chi connectivity index (χ2n) is 2.07. The summed E-state index contributed by atoms with van der Waals surface area (Å²) in [6.07, 6.45) is 0. The summed E-state index contributed by atoms with van der Waals surface area (Å²) in [4.78, 5) is 10.1. The van der Waals surface area contributed by atoms with Gasteiger partial charge in [0.2, 0.25) is 5.56 Å². The molecule has 3 nitrogen and oxygen atoms in total. The summed E-state index contributed by atoms with van der Waals surface area (Å²) >= 11 is 5.27. The number of para-hydroxylation sites is 1. The van der Waals surface area contributed by atoms with E-state index in [1.807, 2.05) is 0 Å². The molecular formula is C8H6ClKO3. The van der Waals surface area contributed by atoms with Gasteiger partial charge < -0.3 is 14.6 Å². The Kier molecular flexibility index (Phi) is 7.03. The first kappa shape index (κ1) is 13.4. The van der Waals surface area contributed by atoms with Crippen molar-refractivity contribution in [2.45, 2.75) is 5.56 Å². The number of carbonyl (C=O) groups excluding carboxylic acids is 1. The van der Waals surface area contributed by atoms with Crippen LogP contribution in [-0.4, -0.2) is 11.5 Å². The molecule has 1 aromatic rings. The predicted molar refractivity (Wildman–Crippen MR) is 41.7 cm³/mol. The van der Waals surface area contributed by atoms with Crippen LogP contribution >= 0.6 is 11.6 Å². The van der Waals surface area contributed by atoms with Crippen molar-refractivity contribution in [2.75, 3.05) is 0 Å². The third kappa shape index (κ3) is 5.00. The number of ether oxygens (including phenoxy) is 1. The third-order valence-corrected chi connectivity index (χ3v) is 1.44. The van der Waals surface area contributed by atoms with E-state index in [1.165, 1.54) is 0 Å². The summed E-state index contributed by atoms with van der Waals surface area (Å²) in [7, 11) is 0. The zero-order valence-corrected chi connectivity index (χ0v) is 10.9. The summed E-state index contributed by atoms with van der Waals surface area (Å²) in [5, 5.41) is 10.1. The molecule has 0 saturated carbocycles. The first-order valence-corrected chi connectivity index (χ1v) is 3.70. The van der Waals surface area contributed by atoms with Gasteiger partial charge in [0, 0.05) is 0 Å². The number of benzene rings is 1. The molecule has 0 aliphatic heterocycles. The molecule has 0 radical (unpaired) electrons. The number of aliphatic carboxylic acids is 1. The number of carboxylic acid groups (broad SMARTS) is 1. The van der Waals surface area contributed by atoms with Crippen LogP contribution in [0.5, 0.6) is 5.75 Å². The van der Waals surface area contributed by atoms with Gasteiger partial charge in [0.25, 0.3) is 0 Å². The molecule has 0 aliphatic rings. The average molecular weight is 225 g/mol. The van der Waals surface area contributed by atoms with Crippen molar-refractivity contribution in [1.29, 1.82) is 0 Å². The van der Waals surface area contributed by atoms with E-state index >= 15 is 0 Å². The molecule has 13 heavy (non-hydrogen) atoms. The van der Waals surface area contributed by atoms with Crippen LogP contribution in [0.15, 0.2) is 30.3 Å². The maximum absolute atomic E-state index is 10.1. The van der Waals surface area contributed by atoms with Crippen molar-refractivity contribution in [1.82, 2.24) is 0 Å². The monoisotopic (exact) mass is 224 g/mol. The summed E-state index contributed by atoms with van der Waals surface area (Å²) in [5.74, 6) is -1.04. The number of carboxylic acids is 1. The van der Waals surface area contributed by atoms with E-state index in [4.69, 9.17) is 16.3 Å². The zero-order chi connectivity index (χ0) is 8.97. The Labute approximate surface area is 123 Å². The quantitative estimate of drug-likeness (QED) is 0.418. The molecule has 0 aliphatic carbocycles. The summed E-state index contributed by atoms with van der Waals surface area (Å²) in [6.45, 7) is 0. The Morgan fingerprint density at radius 2 is 1.92 bits per heavy atom. The predicted octanol–water partition coefficient (Wildman–Crippen LogP) is -2.62. The number of hydrogen-bond acceptors (Lipinski definition) is 3. The number of alkyl halides is 1. The second kappa shape index (κ2) is 6.81. The zero-order valence-electron chi connectivity index (χ0n) is 7.07. The van der Waals surface area contributed by atoms with Gasteiger partial charge in [0.1, 0.15) is 5.75 Å². The van der Waals surface area contributed by atoms with Crippen molar-refractivity contribution in [3.63, 3.8) is 0 Å². The fraction of sp³-hybridized carbons (Fsp3) is 0.125. The molecule has 64 valence electrons. The van der Waals surface area contributed by atoms with E-state index in [0.717, 1.165) is 0 Å². The average Bonchev–Trinajstić information content (AvgIpc) is 2.06. The molecule has 0 saturated heterocycles. The number of hydrogen-bond donors (Lipinski definition) is 0. The van der Waals surface area contributed by atoms with Crippen molar-refractivity contribution >= 4 is 17.6 Å². The van der Waals surface area contributed by atoms with Gasteiger partial charge in [-0.3, -0.25) is 0 Å². The smallest absolute Gasteiger partial charge is 0.545 e. The van der Waals surface area contributed by atoms with Crippen molar-refractivity contribution in [2.24, 2.45) is 0 Å². The van der Waals surface area contributed by atoms with E-state index < -0.39 is 11.5 Å². The van der Waals surface area contributed by atoms with Gasteiger partial charge in [-0.1, -0.05) is 29.8 Å². The van der Waals surface area contributed by atoms with Crippen molar-refractivity contribution < 1.29 is 66.0 Å². The van der Waals surface area contributed by atoms with Gasteiger partial charge in [-0.25, -0.2) is 0 Å². The van der Waals surface area contributed by atoms with Gasteiger partial charge in [-0.2, -0.15) is 0 Å². The van der Waals surface area contributed by atoms with E-state index in [2.05, 4.69) is 0 Å². The SMILES string of the molecule is O=C([O-])C(Cl)Oc1ccccc1.[K+]. The van der Waals surface area contributed by atoms with Gasteiger partial charge in [0.05, 0.1) is 5.97 Å². The van der Waals surface area contributed by atoms with E-state index in [0.29, 0.717) is 5.75 Å². The molecule has 0 N–H and O–H groups in total. The van der Waals surface area contributed by atoms with Crippen LogP contribution < -0.4 is 61.2 Å². The molecule has 1 rings (SSSR count). The second-order valence-corrected chi connectivity index (χ2v) is 2.46. The molecule has 5 heteroatoms. The van der Waals surface area contributed by atoms with Crippen LogP contribution in [0.1, 0.15) is 0 Å². The van der Waals surface area contributed by atoms with Crippen LogP contribution in [0.25, 0.3) is 0 Å². The Bertz CT molecular complexity index is 265. The maximum Gasteiger partial charge on any atom is 1.00 e. The first-order valence-electron chi connectivity index (χ1n) is 3.27. The minimum atomic E-state index is -1.44. The van der Waals surface area contributed by atoms with Crippen LogP contribution in [-0.2, 0) is 4.79 Å². The number of halogens is 1. The first-order chi connectivity index (χ1) is 5.70. The minimum absolute atomic E-state index is 0. The van der Waals surface area contributed by atoms with Crippen LogP contribution in [0.3, 0.4) is 0 Å². The van der Waals surface area contributed by atoms with Gasteiger partial charge in [-0.15, -0.1) is 0 Å². The van der Waals surface area contributed by atoms with Crippen LogP contribution in [0, 0.1) is 0 Å². The molecule has 1 aromatic carbocycles. The minimum Gasteiger partial charge on any atom is -0.545 e. The topological polar surface area (TPSA) is 49.4 Å². The molecule has 0 fully saturated rings. The van der Waals surface area contributed by atoms with Crippen LogP contribution in [0.4, 0.5) is 0 Å². The molecule has 0 bridgehead atoms.